The number of methoxy groups -OCH3 is 1. The number of nitrogens with two attached hydrogens (primary N) is 1. The first-order valence-corrected chi connectivity index (χ1v) is 4.86. The van der Waals surface area contributed by atoms with Crippen LogP contribution in [0.15, 0.2) is 6.20 Å². The van der Waals surface area contributed by atoms with E-state index < -0.39 is 0 Å². The van der Waals surface area contributed by atoms with Crippen LogP contribution in [0, 0.1) is 0 Å². The molecular weight excluding hydrogens is 202 g/mol. The van der Waals surface area contributed by atoms with Crippen LogP contribution >= 0.6 is 11.6 Å². The highest BCUT2D eigenvalue weighted by molar-refractivity contribution is 6.32. The molecule has 0 aliphatic heterocycles. The Morgan fingerprint density at radius 3 is 2.71 bits per heavy atom. The fourth-order valence-corrected chi connectivity index (χ4v) is 1.16. The molecular formula is C9H16ClN3O. The summed E-state index contributed by atoms with van der Waals surface area (Å²) < 4.78 is 7.03. The minimum absolute atomic E-state index is 0.146. The maximum atomic E-state index is 5.77. The highest BCUT2D eigenvalue weighted by Crippen LogP contribution is 2.18. The van der Waals surface area contributed by atoms with Gasteiger partial charge < -0.3 is 10.5 Å². The van der Waals surface area contributed by atoms with E-state index in [2.05, 4.69) is 5.10 Å². The van der Waals surface area contributed by atoms with E-state index in [0.717, 1.165) is 13.0 Å². The van der Waals surface area contributed by atoms with E-state index in [9.17, 15) is 0 Å². The molecule has 2 N–H and O–H groups in total. The molecule has 0 saturated heterocycles. The number of hydrogen-bond acceptors (Lipinski definition) is 3. The van der Waals surface area contributed by atoms with Gasteiger partial charge in [0, 0.05) is 19.9 Å². The third-order valence-corrected chi connectivity index (χ3v) is 2.53. The zero-order valence-corrected chi connectivity index (χ0v) is 9.51. The monoisotopic (exact) mass is 217 g/mol. The van der Waals surface area contributed by atoms with Crippen molar-refractivity contribution in [3.63, 3.8) is 0 Å². The second-order valence-electron chi connectivity index (χ2n) is 3.84. The molecule has 5 heteroatoms. The number of rotatable bonds is 4. The van der Waals surface area contributed by atoms with Crippen LogP contribution in [0.25, 0.3) is 0 Å². The molecule has 0 radical (unpaired) electrons. The summed E-state index contributed by atoms with van der Waals surface area (Å²) >= 11 is 5.77. The van der Waals surface area contributed by atoms with Gasteiger partial charge in [0.25, 0.3) is 0 Å². The van der Waals surface area contributed by atoms with Crippen LogP contribution < -0.4 is 5.73 Å². The summed E-state index contributed by atoms with van der Waals surface area (Å²) in [6, 6.07) is 0. The van der Waals surface area contributed by atoms with Crippen molar-refractivity contribution < 1.29 is 4.74 Å². The summed E-state index contributed by atoms with van der Waals surface area (Å²) in [5, 5.41) is 4.55. The van der Waals surface area contributed by atoms with Gasteiger partial charge in [0.15, 0.2) is 5.82 Å². The Morgan fingerprint density at radius 2 is 2.29 bits per heavy atom. The molecule has 0 saturated carbocycles. The molecule has 1 aromatic heterocycles. The third-order valence-electron chi connectivity index (χ3n) is 2.24. The lowest BCUT2D eigenvalue weighted by Crippen LogP contribution is -2.24. The quantitative estimate of drug-likeness (QED) is 0.839. The van der Waals surface area contributed by atoms with Crippen molar-refractivity contribution in [3.8, 4) is 0 Å². The minimum Gasteiger partial charge on any atom is -0.381 e. The summed E-state index contributed by atoms with van der Waals surface area (Å²) in [5.41, 5.74) is 5.37. The van der Waals surface area contributed by atoms with Gasteiger partial charge in [-0.15, -0.1) is 0 Å². The van der Waals surface area contributed by atoms with Crippen molar-refractivity contribution >= 4 is 17.4 Å². The smallest absolute Gasteiger partial charge is 0.164 e. The van der Waals surface area contributed by atoms with E-state index in [0.29, 0.717) is 10.8 Å². The van der Waals surface area contributed by atoms with Crippen LogP contribution in [0.3, 0.4) is 0 Å². The standard InChI is InChI=1S/C9H16ClN3O/c1-9(2,14-3)4-5-13-6-7(10)8(11)12-13/h6H,4-5H2,1-3H3,(H2,11,12). The van der Waals surface area contributed by atoms with Crippen LogP contribution in [-0.2, 0) is 11.3 Å². The number of halogens is 1. The average molecular weight is 218 g/mol. The van der Waals surface area contributed by atoms with Crippen molar-refractivity contribution in [2.45, 2.75) is 32.4 Å². The van der Waals surface area contributed by atoms with Gasteiger partial charge in [-0.25, -0.2) is 0 Å². The second kappa shape index (κ2) is 4.19. The Labute approximate surface area is 89.0 Å². The van der Waals surface area contributed by atoms with Crippen LogP contribution in [0.5, 0.6) is 0 Å². The first-order valence-electron chi connectivity index (χ1n) is 4.48. The Balaban J connectivity index is 2.54. The van der Waals surface area contributed by atoms with Crippen LogP contribution in [-0.4, -0.2) is 22.5 Å². The number of hydrogen-bond donors (Lipinski definition) is 1. The highest BCUT2D eigenvalue weighted by Gasteiger charge is 2.16. The fourth-order valence-electron chi connectivity index (χ4n) is 1.01. The molecule has 0 fully saturated rings. The summed E-state index contributed by atoms with van der Waals surface area (Å²) in [6.45, 7) is 4.81. The molecule has 0 aromatic carbocycles. The predicted octanol–water partition coefficient (Wildman–Crippen LogP) is 1.93. The number of nitrogens with zero attached hydrogens (tertiary/aromatic N) is 2. The molecule has 0 spiro atoms. The molecule has 1 rings (SSSR count). The van der Waals surface area contributed by atoms with Gasteiger partial charge >= 0.3 is 0 Å². The topological polar surface area (TPSA) is 53.1 Å². The SMILES string of the molecule is COC(C)(C)CCn1cc(Cl)c(N)n1. The molecule has 4 nitrogen and oxygen atoms in total. The maximum Gasteiger partial charge on any atom is 0.164 e. The summed E-state index contributed by atoms with van der Waals surface area (Å²) in [7, 11) is 1.70. The van der Waals surface area contributed by atoms with Crippen molar-refractivity contribution in [2.75, 3.05) is 12.8 Å². The zero-order valence-electron chi connectivity index (χ0n) is 8.75. The summed E-state index contributed by atoms with van der Waals surface area (Å²) in [6.07, 6.45) is 2.59. The number of aromatic nitrogens is 2. The van der Waals surface area contributed by atoms with Crippen molar-refractivity contribution in [2.24, 2.45) is 0 Å². The number of aryl methyl sites for hydroxylation is 1. The Kier molecular flexibility index (Phi) is 3.39. The van der Waals surface area contributed by atoms with Gasteiger partial charge in [0.1, 0.15) is 5.02 Å². The van der Waals surface area contributed by atoms with Gasteiger partial charge in [-0.1, -0.05) is 11.6 Å². The van der Waals surface area contributed by atoms with Gasteiger partial charge in [-0.05, 0) is 20.3 Å². The molecule has 80 valence electrons. The first-order chi connectivity index (χ1) is 6.44. The van der Waals surface area contributed by atoms with Crippen LogP contribution in [0.1, 0.15) is 20.3 Å². The maximum absolute atomic E-state index is 5.77. The first kappa shape index (κ1) is 11.3. The molecule has 0 amide bonds. The van der Waals surface area contributed by atoms with E-state index in [4.69, 9.17) is 22.1 Å². The number of nitrogen functional groups attached to an aromatic ring is 1. The van der Waals surface area contributed by atoms with Crippen molar-refractivity contribution in [3.05, 3.63) is 11.2 Å². The molecule has 1 aromatic rings. The molecule has 0 unspecified atom stereocenters. The Bertz CT molecular complexity index is 290. The van der Waals surface area contributed by atoms with E-state index >= 15 is 0 Å². The van der Waals surface area contributed by atoms with Gasteiger partial charge in [-0.2, -0.15) is 5.10 Å². The Morgan fingerprint density at radius 1 is 1.64 bits per heavy atom. The normalized spacial score (nSPS) is 12.0. The summed E-state index contributed by atoms with van der Waals surface area (Å²) in [4.78, 5) is 0. The molecule has 0 aliphatic rings. The second-order valence-corrected chi connectivity index (χ2v) is 4.25. The lowest BCUT2D eigenvalue weighted by atomic mass is 10.1. The molecule has 0 atom stereocenters. The van der Waals surface area contributed by atoms with Gasteiger partial charge in [0.2, 0.25) is 0 Å². The van der Waals surface area contributed by atoms with Gasteiger partial charge in [0.05, 0.1) is 5.60 Å². The largest absolute Gasteiger partial charge is 0.381 e. The Hall–Kier alpha value is -0.740. The number of ether oxygens (including phenoxy) is 1. The van der Waals surface area contributed by atoms with E-state index in [1.165, 1.54) is 0 Å². The molecule has 0 aliphatic carbocycles. The van der Waals surface area contributed by atoms with E-state index in [1.807, 2.05) is 13.8 Å². The van der Waals surface area contributed by atoms with Crippen molar-refractivity contribution in [1.29, 1.82) is 0 Å². The molecule has 0 bridgehead atoms. The summed E-state index contributed by atoms with van der Waals surface area (Å²) in [5.74, 6) is 0.377. The molecule has 14 heavy (non-hydrogen) atoms. The number of anilines is 1. The predicted molar refractivity (Wildman–Crippen MR) is 57.4 cm³/mol. The van der Waals surface area contributed by atoms with Crippen molar-refractivity contribution in [1.82, 2.24) is 9.78 Å². The minimum atomic E-state index is -0.146. The van der Waals surface area contributed by atoms with Crippen LogP contribution in [0.2, 0.25) is 5.02 Å². The van der Waals surface area contributed by atoms with Crippen LogP contribution in [0.4, 0.5) is 5.82 Å². The third kappa shape index (κ3) is 2.89. The molecule has 1 heterocycles. The zero-order chi connectivity index (χ0) is 10.8. The van der Waals surface area contributed by atoms with E-state index in [-0.39, 0.29) is 5.60 Å². The average Bonchev–Trinajstić information content (AvgIpc) is 2.44. The van der Waals surface area contributed by atoms with E-state index in [1.54, 1.807) is 18.0 Å². The lowest BCUT2D eigenvalue weighted by molar-refractivity contribution is 0.0113. The fraction of sp³-hybridized carbons (Fsp3) is 0.667. The van der Waals surface area contributed by atoms with Gasteiger partial charge in [-0.3, -0.25) is 4.68 Å². The highest BCUT2D eigenvalue weighted by atomic mass is 35.5. The lowest BCUT2D eigenvalue weighted by Gasteiger charge is -2.22.